The van der Waals surface area contributed by atoms with E-state index in [4.69, 9.17) is 0 Å². The maximum atomic E-state index is 14.2. The second kappa shape index (κ2) is 9.99. The van der Waals surface area contributed by atoms with E-state index in [1.807, 2.05) is 25.7 Å². The van der Waals surface area contributed by atoms with Gasteiger partial charge in [0.1, 0.15) is 11.6 Å². The fourth-order valence-electron chi connectivity index (χ4n) is 3.96. The Morgan fingerprint density at radius 3 is 2.39 bits per heavy atom. The van der Waals surface area contributed by atoms with Gasteiger partial charge in [0.2, 0.25) is 11.8 Å². The van der Waals surface area contributed by atoms with E-state index in [0.29, 0.717) is 31.5 Å². The number of piperidine rings is 1. The number of rotatable bonds is 7. The molecule has 1 aliphatic rings. The number of nitrogens with zero attached hydrogens (tertiary/aromatic N) is 2. The summed E-state index contributed by atoms with van der Waals surface area (Å²) < 4.78 is 27.5. The van der Waals surface area contributed by atoms with E-state index in [2.05, 4.69) is 0 Å². The van der Waals surface area contributed by atoms with Crippen LogP contribution in [0.25, 0.3) is 0 Å². The number of halogens is 2. The Hall–Kier alpha value is -1.98. The summed E-state index contributed by atoms with van der Waals surface area (Å²) in [6.07, 6.45) is 3.09. The van der Waals surface area contributed by atoms with E-state index in [9.17, 15) is 18.4 Å². The molecule has 0 spiro atoms. The number of carbonyl (C=O) groups is 2. The number of likely N-dealkylation sites (tertiary alicyclic amines) is 1. The minimum absolute atomic E-state index is 0.00521. The Balaban J connectivity index is 2.14. The molecule has 0 N–H and O–H groups in total. The Kier molecular flexibility index (Phi) is 7.96. The second-order valence-corrected chi connectivity index (χ2v) is 7.84. The molecule has 0 radical (unpaired) electrons. The maximum absolute atomic E-state index is 14.2. The number of benzene rings is 1. The van der Waals surface area contributed by atoms with Gasteiger partial charge in [-0.1, -0.05) is 26.8 Å². The van der Waals surface area contributed by atoms with E-state index < -0.39 is 11.6 Å². The summed E-state index contributed by atoms with van der Waals surface area (Å²) in [4.78, 5) is 28.4. The van der Waals surface area contributed by atoms with Crippen molar-refractivity contribution in [3.63, 3.8) is 0 Å². The average molecular weight is 395 g/mol. The summed E-state index contributed by atoms with van der Waals surface area (Å²) >= 11 is 0. The topological polar surface area (TPSA) is 40.6 Å². The van der Waals surface area contributed by atoms with Crippen LogP contribution in [0.15, 0.2) is 18.2 Å². The lowest BCUT2D eigenvalue weighted by Crippen LogP contribution is -2.49. The summed E-state index contributed by atoms with van der Waals surface area (Å²) in [5, 5.41) is 0. The Morgan fingerprint density at radius 1 is 1.21 bits per heavy atom. The lowest BCUT2D eigenvalue weighted by atomic mass is 9.84. The number of carbonyl (C=O) groups excluding carboxylic acids is 2. The third-order valence-electron chi connectivity index (χ3n) is 6.07. The first-order chi connectivity index (χ1) is 13.3. The minimum Gasteiger partial charge on any atom is -0.342 e. The lowest BCUT2D eigenvalue weighted by molar-refractivity contribution is -0.138. The van der Waals surface area contributed by atoms with Gasteiger partial charge in [0.15, 0.2) is 0 Å². The first-order valence-corrected chi connectivity index (χ1v) is 10.3. The van der Waals surface area contributed by atoms with Crippen molar-refractivity contribution in [1.82, 2.24) is 9.80 Å². The van der Waals surface area contributed by atoms with E-state index >= 15 is 0 Å². The molecule has 0 unspecified atom stereocenters. The zero-order valence-corrected chi connectivity index (χ0v) is 17.4. The van der Waals surface area contributed by atoms with Crippen molar-refractivity contribution in [3.8, 4) is 0 Å². The van der Waals surface area contributed by atoms with Crippen molar-refractivity contribution in [1.29, 1.82) is 0 Å². The molecule has 6 heteroatoms. The number of hydrogen-bond donors (Lipinski definition) is 0. The monoisotopic (exact) mass is 394 g/mol. The van der Waals surface area contributed by atoms with Gasteiger partial charge in [-0.3, -0.25) is 9.59 Å². The average Bonchev–Trinajstić information content (AvgIpc) is 2.71. The van der Waals surface area contributed by atoms with Crippen molar-refractivity contribution in [3.05, 3.63) is 35.4 Å². The highest BCUT2D eigenvalue weighted by Gasteiger charge is 2.33. The Morgan fingerprint density at radius 2 is 1.86 bits per heavy atom. The maximum Gasteiger partial charge on any atom is 0.225 e. The molecule has 1 aromatic carbocycles. The van der Waals surface area contributed by atoms with Gasteiger partial charge in [-0.2, -0.15) is 0 Å². The predicted octanol–water partition coefficient (Wildman–Crippen LogP) is 4.03. The molecule has 28 heavy (non-hydrogen) atoms. The van der Waals surface area contributed by atoms with Gasteiger partial charge in [-0.15, -0.1) is 0 Å². The van der Waals surface area contributed by atoms with Crippen molar-refractivity contribution in [2.45, 2.75) is 58.9 Å². The van der Waals surface area contributed by atoms with Gasteiger partial charge in [-0.25, -0.2) is 8.78 Å². The predicted molar refractivity (Wildman–Crippen MR) is 106 cm³/mol. The summed E-state index contributed by atoms with van der Waals surface area (Å²) in [7, 11) is 1.76. The molecule has 2 atom stereocenters. The summed E-state index contributed by atoms with van der Waals surface area (Å²) in [6.45, 7) is 7.08. The molecule has 2 rings (SSSR count). The van der Waals surface area contributed by atoms with Gasteiger partial charge in [0, 0.05) is 44.6 Å². The SMILES string of the molecule is CCC(=O)N(C)[C@@H](Cc1ccc(F)cc1F)C1CCN(C(=O)[C@H](C)CC)CC1. The fraction of sp³-hybridized carbons (Fsp3) is 0.636. The first-order valence-electron chi connectivity index (χ1n) is 10.3. The molecular formula is C22H32F2N2O2. The van der Waals surface area contributed by atoms with Crippen LogP contribution in [0, 0.1) is 23.5 Å². The molecule has 4 nitrogen and oxygen atoms in total. The van der Waals surface area contributed by atoms with E-state index in [-0.39, 0.29) is 29.7 Å². The van der Waals surface area contributed by atoms with Crippen LogP contribution >= 0.6 is 0 Å². The molecule has 1 aliphatic heterocycles. The largest absolute Gasteiger partial charge is 0.342 e. The van der Waals surface area contributed by atoms with Gasteiger partial charge in [0.05, 0.1) is 0 Å². The van der Waals surface area contributed by atoms with Gasteiger partial charge < -0.3 is 9.80 Å². The summed E-state index contributed by atoms with van der Waals surface area (Å²) in [6, 6.07) is 3.43. The van der Waals surface area contributed by atoms with E-state index in [0.717, 1.165) is 25.3 Å². The lowest BCUT2D eigenvalue weighted by Gasteiger charge is -2.40. The Labute approximate surface area is 166 Å². The van der Waals surface area contributed by atoms with Crippen LogP contribution in [0.2, 0.25) is 0 Å². The molecule has 1 saturated heterocycles. The van der Waals surface area contributed by atoms with Gasteiger partial charge >= 0.3 is 0 Å². The minimum atomic E-state index is -0.604. The molecule has 2 amide bonds. The summed E-state index contributed by atoms with van der Waals surface area (Å²) in [5.74, 6) is -0.805. The quantitative estimate of drug-likeness (QED) is 0.701. The van der Waals surface area contributed by atoms with Gasteiger partial charge in [-0.05, 0) is 43.2 Å². The molecule has 1 heterocycles. The van der Waals surface area contributed by atoms with Crippen LogP contribution in [0.5, 0.6) is 0 Å². The zero-order chi connectivity index (χ0) is 20.8. The highest BCUT2D eigenvalue weighted by atomic mass is 19.1. The molecule has 0 aliphatic carbocycles. The molecule has 0 saturated carbocycles. The molecule has 1 aromatic rings. The van der Waals surface area contributed by atoms with Crippen molar-refractivity contribution < 1.29 is 18.4 Å². The second-order valence-electron chi connectivity index (χ2n) is 7.84. The molecule has 0 aromatic heterocycles. The summed E-state index contributed by atoms with van der Waals surface area (Å²) in [5.41, 5.74) is 0.417. The fourth-order valence-corrected chi connectivity index (χ4v) is 3.96. The van der Waals surface area contributed by atoms with Crippen molar-refractivity contribution >= 4 is 11.8 Å². The normalized spacial score (nSPS) is 17.3. The van der Waals surface area contributed by atoms with Crippen molar-refractivity contribution in [2.75, 3.05) is 20.1 Å². The highest BCUT2D eigenvalue weighted by Crippen LogP contribution is 2.28. The molecule has 0 bridgehead atoms. The highest BCUT2D eigenvalue weighted by molar-refractivity contribution is 5.78. The third-order valence-corrected chi connectivity index (χ3v) is 6.07. The van der Waals surface area contributed by atoms with E-state index in [1.54, 1.807) is 11.9 Å². The van der Waals surface area contributed by atoms with Crippen molar-refractivity contribution in [2.24, 2.45) is 11.8 Å². The Bertz CT molecular complexity index is 687. The third kappa shape index (κ3) is 5.30. The molecular weight excluding hydrogens is 362 g/mol. The van der Waals surface area contributed by atoms with Gasteiger partial charge in [0.25, 0.3) is 0 Å². The van der Waals surface area contributed by atoms with Crippen LogP contribution in [-0.4, -0.2) is 47.8 Å². The van der Waals surface area contributed by atoms with E-state index in [1.165, 1.54) is 12.1 Å². The van der Waals surface area contributed by atoms with Crippen LogP contribution in [-0.2, 0) is 16.0 Å². The number of hydrogen-bond acceptors (Lipinski definition) is 2. The molecule has 156 valence electrons. The zero-order valence-electron chi connectivity index (χ0n) is 17.4. The smallest absolute Gasteiger partial charge is 0.225 e. The van der Waals surface area contributed by atoms with Crippen LogP contribution in [0.4, 0.5) is 8.78 Å². The molecule has 1 fully saturated rings. The number of amides is 2. The standard InChI is InChI=1S/C22H32F2N2O2/c1-5-15(3)22(28)26-11-9-16(10-12-26)20(25(4)21(27)6-2)13-17-7-8-18(23)14-19(17)24/h7-8,14-16,20H,5-6,9-13H2,1-4H3/t15-,20+/m1/s1. The van der Waals surface area contributed by atoms with Crippen LogP contribution in [0.3, 0.4) is 0 Å². The first kappa shape index (κ1) is 22.3. The van der Waals surface area contributed by atoms with Crippen LogP contribution < -0.4 is 0 Å². The number of likely N-dealkylation sites (N-methyl/N-ethyl adjacent to an activating group) is 1. The van der Waals surface area contributed by atoms with Crippen LogP contribution in [0.1, 0.15) is 52.0 Å².